The third-order valence-corrected chi connectivity index (χ3v) is 10.1. The van der Waals surface area contributed by atoms with Gasteiger partial charge >= 0.3 is 0 Å². The first-order valence-corrected chi connectivity index (χ1v) is 21.7. The fourth-order valence-electron chi connectivity index (χ4n) is 6.70. The lowest BCUT2D eigenvalue weighted by atomic mass is 10.0. The van der Waals surface area contributed by atoms with Crippen LogP contribution in [0.4, 0.5) is 0 Å². The number of carbonyl (C=O) groups is 2. The average molecular weight is 689 g/mol. The molecule has 2 amide bonds. The normalized spacial score (nSPS) is 11.8. The molecule has 49 heavy (non-hydrogen) atoms. The van der Waals surface area contributed by atoms with Gasteiger partial charge in [-0.05, 0) is 19.8 Å². The van der Waals surface area contributed by atoms with Crippen molar-refractivity contribution in [2.75, 3.05) is 26.2 Å². The van der Waals surface area contributed by atoms with E-state index in [-0.39, 0.29) is 17.9 Å². The molecular formula is C43H84N4O2. The Morgan fingerprint density at radius 1 is 0.510 bits per heavy atom. The van der Waals surface area contributed by atoms with Crippen LogP contribution in [0.25, 0.3) is 0 Å². The smallest absolute Gasteiger partial charge is 0.222 e. The molecule has 1 atom stereocenters. The van der Waals surface area contributed by atoms with Crippen molar-refractivity contribution in [3.63, 3.8) is 0 Å². The van der Waals surface area contributed by atoms with Crippen LogP contribution >= 0.6 is 0 Å². The predicted octanol–water partition coefficient (Wildman–Crippen LogP) is 12.0. The maximum absolute atomic E-state index is 13.0. The number of nitriles is 1. The van der Waals surface area contributed by atoms with Gasteiger partial charge in [0.2, 0.25) is 11.8 Å². The Labute approximate surface area is 306 Å². The van der Waals surface area contributed by atoms with Gasteiger partial charge in [0.25, 0.3) is 0 Å². The fourth-order valence-corrected chi connectivity index (χ4v) is 6.70. The summed E-state index contributed by atoms with van der Waals surface area (Å²) in [5.41, 5.74) is 0. The molecule has 0 fully saturated rings. The minimum atomic E-state index is -0.234. The lowest BCUT2D eigenvalue weighted by Crippen LogP contribution is -2.42. The monoisotopic (exact) mass is 689 g/mol. The van der Waals surface area contributed by atoms with Gasteiger partial charge < -0.3 is 15.5 Å². The summed E-state index contributed by atoms with van der Waals surface area (Å²) in [6.07, 6.45) is 40.7. The Balaban J connectivity index is 3.92. The fraction of sp³-hybridized carbons (Fsp3) is 0.930. The number of nitrogens with zero attached hydrogens (tertiary/aromatic N) is 2. The van der Waals surface area contributed by atoms with E-state index >= 15 is 0 Å². The summed E-state index contributed by atoms with van der Waals surface area (Å²) in [5.74, 6) is 0.262. The predicted molar refractivity (Wildman–Crippen MR) is 212 cm³/mol. The first-order valence-electron chi connectivity index (χ1n) is 21.7. The van der Waals surface area contributed by atoms with E-state index in [1.165, 1.54) is 167 Å². The number of amides is 2. The van der Waals surface area contributed by atoms with Crippen molar-refractivity contribution >= 4 is 11.8 Å². The summed E-state index contributed by atoms with van der Waals surface area (Å²) in [6, 6.07) is 1.96. The lowest BCUT2D eigenvalue weighted by molar-refractivity contribution is -0.131. The third-order valence-electron chi connectivity index (χ3n) is 10.1. The zero-order valence-corrected chi connectivity index (χ0v) is 33.2. The van der Waals surface area contributed by atoms with Gasteiger partial charge in [-0.15, -0.1) is 0 Å². The standard InChI is InChI=1S/C43H84N4O2/c1-4-6-8-10-12-14-16-18-20-22-24-26-28-30-32-34-42(48)46-37-39-47(38-36-45-41(3)40-44)43(49)35-33-31-29-27-25-23-21-19-17-15-13-11-9-7-5-2/h41,45H,4-39H2,1-3H3,(H,46,48). The number of hydrogen-bond acceptors (Lipinski definition) is 4. The zero-order chi connectivity index (χ0) is 35.9. The van der Waals surface area contributed by atoms with Crippen LogP contribution in [0.15, 0.2) is 0 Å². The van der Waals surface area contributed by atoms with Crippen LogP contribution in [0.2, 0.25) is 0 Å². The molecule has 0 heterocycles. The van der Waals surface area contributed by atoms with Crippen molar-refractivity contribution in [1.82, 2.24) is 15.5 Å². The van der Waals surface area contributed by atoms with Gasteiger partial charge in [-0.3, -0.25) is 9.59 Å². The Morgan fingerprint density at radius 2 is 0.837 bits per heavy atom. The molecule has 0 rings (SSSR count). The summed E-state index contributed by atoms with van der Waals surface area (Å²) in [4.78, 5) is 27.4. The molecule has 0 aromatic heterocycles. The first kappa shape index (κ1) is 47.4. The van der Waals surface area contributed by atoms with Crippen LogP contribution in [0.3, 0.4) is 0 Å². The molecule has 2 N–H and O–H groups in total. The molecule has 0 saturated heterocycles. The molecule has 6 nitrogen and oxygen atoms in total. The second kappa shape index (κ2) is 39.2. The second-order valence-corrected chi connectivity index (χ2v) is 14.9. The molecule has 0 bridgehead atoms. The molecule has 0 radical (unpaired) electrons. The number of rotatable bonds is 39. The van der Waals surface area contributed by atoms with Gasteiger partial charge in [0.1, 0.15) is 0 Å². The molecule has 288 valence electrons. The van der Waals surface area contributed by atoms with Gasteiger partial charge in [-0.25, -0.2) is 0 Å². The highest BCUT2D eigenvalue weighted by Gasteiger charge is 2.14. The number of hydrogen-bond donors (Lipinski definition) is 2. The first-order chi connectivity index (χ1) is 24.0. The van der Waals surface area contributed by atoms with E-state index in [1.54, 1.807) is 0 Å². The second-order valence-electron chi connectivity index (χ2n) is 14.9. The van der Waals surface area contributed by atoms with Gasteiger partial charge in [0, 0.05) is 39.0 Å². The van der Waals surface area contributed by atoms with Crippen molar-refractivity contribution in [2.24, 2.45) is 0 Å². The molecule has 0 spiro atoms. The molecule has 0 aliphatic carbocycles. The van der Waals surface area contributed by atoms with E-state index in [9.17, 15) is 9.59 Å². The number of nitrogens with one attached hydrogen (secondary N) is 2. The van der Waals surface area contributed by atoms with E-state index in [1.807, 2.05) is 11.8 Å². The highest BCUT2D eigenvalue weighted by Crippen LogP contribution is 2.15. The topological polar surface area (TPSA) is 85.2 Å². The molecule has 1 unspecified atom stereocenters. The summed E-state index contributed by atoms with van der Waals surface area (Å²) in [5, 5.41) is 15.3. The Kier molecular flexibility index (Phi) is 37.9. The van der Waals surface area contributed by atoms with E-state index in [0.29, 0.717) is 39.0 Å². The highest BCUT2D eigenvalue weighted by molar-refractivity contribution is 5.77. The van der Waals surface area contributed by atoms with Crippen molar-refractivity contribution in [3.8, 4) is 6.07 Å². The van der Waals surface area contributed by atoms with Crippen LogP contribution in [0.5, 0.6) is 0 Å². The van der Waals surface area contributed by atoms with Crippen molar-refractivity contribution in [3.05, 3.63) is 0 Å². The minimum absolute atomic E-state index is 0.0979. The van der Waals surface area contributed by atoms with E-state index < -0.39 is 0 Å². The van der Waals surface area contributed by atoms with E-state index in [2.05, 4.69) is 30.6 Å². The number of unbranched alkanes of at least 4 members (excludes halogenated alkanes) is 28. The van der Waals surface area contributed by atoms with Crippen molar-refractivity contribution < 1.29 is 9.59 Å². The molecule has 0 aliphatic heterocycles. The summed E-state index contributed by atoms with van der Waals surface area (Å²) in [7, 11) is 0. The molecular weight excluding hydrogens is 604 g/mol. The Hall–Kier alpha value is -1.61. The van der Waals surface area contributed by atoms with Crippen molar-refractivity contribution in [1.29, 1.82) is 5.26 Å². The van der Waals surface area contributed by atoms with Crippen LogP contribution < -0.4 is 10.6 Å². The molecule has 0 saturated carbocycles. The summed E-state index contributed by atoms with van der Waals surface area (Å²) in [6.45, 7) is 8.58. The Bertz CT molecular complexity index is 753. The highest BCUT2D eigenvalue weighted by atomic mass is 16.2. The van der Waals surface area contributed by atoms with Crippen molar-refractivity contribution in [2.45, 2.75) is 232 Å². The van der Waals surface area contributed by atoms with Gasteiger partial charge in [-0.2, -0.15) is 5.26 Å². The average Bonchev–Trinajstić information content (AvgIpc) is 3.10. The molecule has 0 aromatic rings. The molecule has 6 heteroatoms. The van der Waals surface area contributed by atoms with E-state index in [4.69, 9.17) is 5.26 Å². The van der Waals surface area contributed by atoms with Crippen LogP contribution in [0, 0.1) is 11.3 Å². The van der Waals surface area contributed by atoms with Crippen LogP contribution in [0.1, 0.15) is 226 Å². The van der Waals surface area contributed by atoms with Crippen LogP contribution in [-0.4, -0.2) is 48.9 Å². The minimum Gasteiger partial charge on any atom is -0.354 e. The maximum atomic E-state index is 13.0. The van der Waals surface area contributed by atoms with Gasteiger partial charge in [0.15, 0.2) is 0 Å². The summed E-state index contributed by atoms with van der Waals surface area (Å²) >= 11 is 0. The SMILES string of the molecule is CCCCCCCCCCCCCCCCCC(=O)NCCN(CCNC(C)C#N)C(=O)CCCCCCCCCCCCCCCCC. The Morgan fingerprint density at radius 3 is 1.20 bits per heavy atom. The number of carbonyl (C=O) groups excluding carboxylic acids is 2. The van der Waals surface area contributed by atoms with E-state index in [0.717, 1.165) is 25.7 Å². The van der Waals surface area contributed by atoms with Gasteiger partial charge in [0.05, 0.1) is 12.1 Å². The summed E-state index contributed by atoms with van der Waals surface area (Å²) < 4.78 is 0. The maximum Gasteiger partial charge on any atom is 0.222 e. The molecule has 0 aliphatic rings. The molecule has 0 aromatic carbocycles. The third kappa shape index (κ3) is 36.0. The zero-order valence-electron chi connectivity index (χ0n) is 33.2. The largest absolute Gasteiger partial charge is 0.354 e. The lowest BCUT2D eigenvalue weighted by Gasteiger charge is -2.23. The van der Waals surface area contributed by atoms with Crippen LogP contribution in [-0.2, 0) is 9.59 Å². The quantitative estimate of drug-likeness (QED) is 0.0629. The van der Waals surface area contributed by atoms with Gasteiger partial charge in [-0.1, -0.05) is 194 Å².